The molecule has 0 bridgehead atoms. The zero-order valence-corrected chi connectivity index (χ0v) is 13.1. The maximum absolute atomic E-state index is 6.16. The molecular weight excluding hydrogens is 274 g/mol. The van der Waals surface area contributed by atoms with Crippen LogP contribution in [-0.4, -0.2) is 25.9 Å². The normalized spacial score (nSPS) is 17.9. The minimum absolute atomic E-state index is 0.239. The average molecular weight is 298 g/mol. The molecule has 0 aliphatic carbocycles. The fourth-order valence-electron chi connectivity index (χ4n) is 2.41. The molecule has 1 aliphatic rings. The Balaban J connectivity index is 2.09. The largest absolute Gasteiger partial charge is 0.490 e. The van der Waals surface area contributed by atoms with Gasteiger partial charge in [0, 0.05) is 29.5 Å². The van der Waals surface area contributed by atoms with E-state index < -0.39 is 0 Å². The summed E-state index contributed by atoms with van der Waals surface area (Å²) in [5.74, 6) is 0.942. The summed E-state index contributed by atoms with van der Waals surface area (Å²) in [6.45, 7) is 6.88. The van der Waals surface area contributed by atoms with Crippen molar-refractivity contribution in [2.75, 3.05) is 19.8 Å². The lowest BCUT2D eigenvalue weighted by Gasteiger charge is -2.26. The highest BCUT2D eigenvalue weighted by Gasteiger charge is 2.19. The molecule has 0 saturated carbocycles. The van der Waals surface area contributed by atoms with Gasteiger partial charge in [-0.3, -0.25) is 0 Å². The van der Waals surface area contributed by atoms with Crippen molar-refractivity contribution in [1.82, 2.24) is 5.32 Å². The van der Waals surface area contributed by atoms with Crippen LogP contribution in [0.1, 0.15) is 44.7 Å². The van der Waals surface area contributed by atoms with Gasteiger partial charge in [-0.25, -0.2) is 0 Å². The average Bonchev–Trinajstić information content (AvgIpc) is 2.47. The smallest absolute Gasteiger partial charge is 0.124 e. The quantitative estimate of drug-likeness (QED) is 0.862. The molecule has 1 unspecified atom stereocenters. The van der Waals surface area contributed by atoms with Gasteiger partial charge in [-0.15, -0.1) is 0 Å². The molecule has 4 heteroatoms. The summed E-state index contributed by atoms with van der Waals surface area (Å²) in [4.78, 5) is 0. The molecular formula is C16H24ClNO2. The zero-order valence-electron chi connectivity index (χ0n) is 12.3. The second-order valence-corrected chi connectivity index (χ2v) is 5.72. The van der Waals surface area contributed by atoms with Gasteiger partial charge in [-0.1, -0.05) is 18.5 Å². The summed E-state index contributed by atoms with van der Waals surface area (Å²) in [6.07, 6.45) is 3.28. The van der Waals surface area contributed by atoms with Crippen molar-refractivity contribution < 1.29 is 9.47 Å². The number of ether oxygens (including phenoxy) is 2. The summed E-state index contributed by atoms with van der Waals surface area (Å²) >= 11 is 6.13. The molecule has 1 atom stereocenters. The van der Waals surface area contributed by atoms with Crippen LogP contribution >= 0.6 is 11.6 Å². The van der Waals surface area contributed by atoms with Crippen LogP contribution in [0.25, 0.3) is 0 Å². The van der Waals surface area contributed by atoms with Crippen molar-refractivity contribution in [2.45, 2.75) is 45.3 Å². The Hall–Kier alpha value is -0.770. The Morgan fingerprint density at radius 2 is 2.15 bits per heavy atom. The SMILES string of the molecule is CCCNC(C)c1cc(Cl)ccc1OC1CCOCC1. The molecule has 0 radical (unpaired) electrons. The lowest BCUT2D eigenvalue weighted by molar-refractivity contribution is 0.0250. The second-order valence-electron chi connectivity index (χ2n) is 5.29. The monoisotopic (exact) mass is 297 g/mol. The van der Waals surface area contributed by atoms with E-state index >= 15 is 0 Å². The minimum atomic E-state index is 0.239. The molecule has 0 amide bonds. The van der Waals surface area contributed by atoms with Crippen LogP contribution in [0.4, 0.5) is 0 Å². The lowest BCUT2D eigenvalue weighted by Crippen LogP contribution is -2.27. The minimum Gasteiger partial charge on any atom is -0.490 e. The van der Waals surface area contributed by atoms with Crippen molar-refractivity contribution in [3.8, 4) is 5.75 Å². The number of halogens is 1. The van der Waals surface area contributed by atoms with Crippen molar-refractivity contribution in [3.05, 3.63) is 28.8 Å². The first-order chi connectivity index (χ1) is 9.70. The molecule has 112 valence electrons. The standard InChI is InChI=1S/C16H24ClNO2/c1-3-8-18-12(2)15-11-13(17)4-5-16(15)20-14-6-9-19-10-7-14/h4-5,11-12,14,18H,3,6-10H2,1-2H3. The Kier molecular flexibility index (Phi) is 6.14. The zero-order chi connectivity index (χ0) is 14.4. The summed E-state index contributed by atoms with van der Waals surface area (Å²) in [6, 6.07) is 6.12. The van der Waals surface area contributed by atoms with Gasteiger partial charge >= 0.3 is 0 Å². The second kappa shape index (κ2) is 7.87. The Morgan fingerprint density at radius 1 is 1.40 bits per heavy atom. The maximum Gasteiger partial charge on any atom is 0.124 e. The molecule has 2 rings (SSSR count). The van der Waals surface area contributed by atoms with E-state index in [9.17, 15) is 0 Å². The van der Waals surface area contributed by atoms with E-state index in [-0.39, 0.29) is 12.1 Å². The number of benzene rings is 1. The van der Waals surface area contributed by atoms with Gasteiger partial charge in [0.2, 0.25) is 0 Å². The predicted molar refractivity (Wildman–Crippen MR) is 82.6 cm³/mol. The maximum atomic E-state index is 6.16. The predicted octanol–water partition coefficient (Wildman–Crippen LogP) is 3.96. The van der Waals surface area contributed by atoms with Gasteiger partial charge in [0.1, 0.15) is 11.9 Å². The van der Waals surface area contributed by atoms with E-state index in [1.807, 2.05) is 18.2 Å². The van der Waals surface area contributed by atoms with Gasteiger partial charge in [0.25, 0.3) is 0 Å². The van der Waals surface area contributed by atoms with Crippen molar-refractivity contribution in [2.24, 2.45) is 0 Å². The molecule has 1 fully saturated rings. The number of hydrogen-bond acceptors (Lipinski definition) is 3. The van der Waals surface area contributed by atoms with Gasteiger partial charge in [0.05, 0.1) is 13.2 Å². The van der Waals surface area contributed by atoms with E-state index in [0.29, 0.717) is 0 Å². The molecule has 0 spiro atoms. The van der Waals surface area contributed by atoms with Gasteiger partial charge in [-0.2, -0.15) is 0 Å². The Morgan fingerprint density at radius 3 is 2.85 bits per heavy atom. The first-order valence-corrected chi connectivity index (χ1v) is 7.85. The molecule has 1 N–H and O–H groups in total. The highest BCUT2D eigenvalue weighted by molar-refractivity contribution is 6.30. The number of rotatable bonds is 6. The highest BCUT2D eigenvalue weighted by atomic mass is 35.5. The van der Waals surface area contributed by atoms with Crippen LogP contribution in [0, 0.1) is 0 Å². The van der Waals surface area contributed by atoms with E-state index in [1.54, 1.807) is 0 Å². The summed E-state index contributed by atoms with van der Waals surface area (Å²) in [5, 5.41) is 4.24. The van der Waals surface area contributed by atoms with E-state index in [4.69, 9.17) is 21.1 Å². The molecule has 1 aromatic rings. The fraction of sp³-hybridized carbons (Fsp3) is 0.625. The Bertz CT molecular complexity index is 419. The molecule has 1 aromatic carbocycles. The first-order valence-electron chi connectivity index (χ1n) is 7.48. The highest BCUT2D eigenvalue weighted by Crippen LogP contribution is 2.30. The van der Waals surface area contributed by atoms with E-state index in [2.05, 4.69) is 19.2 Å². The van der Waals surface area contributed by atoms with Crippen LogP contribution in [0.3, 0.4) is 0 Å². The lowest BCUT2D eigenvalue weighted by atomic mass is 10.1. The van der Waals surface area contributed by atoms with Gasteiger partial charge in [-0.05, 0) is 38.1 Å². The summed E-state index contributed by atoms with van der Waals surface area (Å²) < 4.78 is 11.5. The molecule has 0 aromatic heterocycles. The number of nitrogens with one attached hydrogen (secondary N) is 1. The third-order valence-electron chi connectivity index (χ3n) is 3.60. The van der Waals surface area contributed by atoms with Crippen LogP contribution in [-0.2, 0) is 4.74 Å². The fourth-order valence-corrected chi connectivity index (χ4v) is 2.59. The third kappa shape index (κ3) is 4.37. The van der Waals surface area contributed by atoms with E-state index in [0.717, 1.165) is 55.4 Å². The first kappa shape index (κ1) is 15.6. The summed E-state index contributed by atoms with van der Waals surface area (Å²) in [5.41, 5.74) is 1.14. The van der Waals surface area contributed by atoms with Crippen molar-refractivity contribution in [1.29, 1.82) is 0 Å². The molecule has 20 heavy (non-hydrogen) atoms. The van der Waals surface area contributed by atoms with Gasteiger partial charge < -0.3 is 14.8 Å². The van der Waals surface area contributed by atoms with Crippen molar-refractivity contribution >= 4 is 11.6 Å². The molecule has 3 nitrogen and oxygen atoms in total. The molecule has 1 heterocycles. The summed E-state index contributed by atoms with van der Waals surface area (Å²) in [7, 11) is 0. The third-order valence-corrected chi connectivity index (χ3v) is 3.84. The van der Waals surface area contributed by atoms with E-state index in [1.165, 1.54) is 0 Å². The topological polar surface area (TPSA) is 30.5 Å². The molecule has 1 aliphatic heterocycles. The van der Waals surface area contributed by atoms with Crippen LogP contribution in [0.2, 0.25) is 5.02 Å². The molecule has 1 saturated heterocycles. The van der Waals surface area contributed by atoms with Crippen molar-refractivity contribution in [3.63, 3.8) is 0 Å². The number of hydrogen-bond donors (Lipinski definition) is 1. The van der Waals surface area contributed by atoms with Gasteiger partial charge in [0.15, 0.2) is 0 Å². The Labute approximate surface area is 126 Å². The van der Waals surface area contributed by atoms with Crippen LogP contribution < -0.4 is 10.1 Å². The van der Waals surface area contributed by atoms with Crippen LogP contribution in [0.5, 0.6) is 5.75 Å². The van der Waals surface area contributed by atoms with Crippen LogP contribution in [0.15, 0.2) is 18.2 Å².